The first-order valence-electron chi connectivity index (χ1n) is 7.66. The smallest absolute Gasteiger partial charge is 0.0107 e. The van der Waals surface area contributed by atoms with Crippen LogP contribution < -0.4 is 5.32 Å². The van der Waals surface area contributed by atoms with E-state index < -0.39 is 0 Å². The second kappa shape index (κ2) is 7.41. The van der Waals surface area contributed by atoms with Crippen LogP contribution in [0, 0.1) is 5.41 Å². The Morgan fingerprint density at radius 3 is 2.74 bits per heavy atom. The molecule has 1 aliphatic rings. The van der Waals surface area contributed by atoms with E-state index in [1.54, 1.807) is 11.3 Å². The zero-order chi connectivity index (χ0) is 13.6. The molecule has 0 amide bonds. The Kier molecular flexibility index (Phi) is 5.86. The van der Waals surface area contributed by atoms with Gasteiger partial charge in [-0.05, 0) is 66.7 Å². The Morgan fingerprint density at radius 1 is 1.32 bits per heavy atom. The van der Waals surface area contributed by atoms with Crippen molar-refractivity contribution in [2.75, 3.05) is 32.7 Å². The normalized spacial score (nSPS) is 19.7. The van der Waals surface area contributed by atoms with Gasteiger partial charge in [-0.3, -0.25) is 0 Å². The Bertz CT molecular complexity index is 340. The summed E-state index contributed by atoms with van der Waals surface area (Å²) in [6.07, 6.45) is 5.24. The first kappa shape index (κ1) is 15.0. The van der Waals surface area contributed by atoms with E-state index in [9.17, 15) is 0 Å². The van der Waals surface area contributed by atoms with Crippen LogP contribution in [0.3, 0.4) is 0 Å². The van der Waals surface area contributed by atoms with Crippen molar-refractivity contribution in [1.82, 2.24) is 10.2 Å². The van der Waals surface area contributed by atoms with Crippen molar-refractivity contribution in [2.45, 2.75) is 39.5 Å². The number of thiophene rings is 1. The van der Waals surface area contributed by atoms with Crippen LogP contribution in [0.2, 0.25) is 0 Å². The molecular weight excluding hydrogens is 252 g/mol. The van der Waals surface area contributed by atoms with Crippen LogP contribution in [0.15, 0.2) is 16.8 Å². The number of hydrogen-bond donors (Lipinski definition) is 1. The molecule has 3 heteroatoms. The minimum Gasteiger partial charge on any atom is -0.315 e. The van der Waals surface area contributed by atoms with Crippen LogP contribution in [0.25, 0.3) is 0 Å². The van der Waals surface area contributed by atoms with Crippen molar-refractivity contribution in [2.24, 2.45) is 5.41 Å². The van der Waals surface area contributed by atoms with E-state index in [1.165, 1.54) is 44.5 Å². The van der Waals surface area contributed by atoms with Crippen LogP contribution in [0.1, 0.15) is 38.7 Å². The summed E-state index contributed by atoms with van der Waals surface area (Å²) in [6.45, 7) is 10.8. The van der Waals surface area contributed by atoms with Crippen molar-refractivity contribution in [3.8, 4) is 0 Å². The summed E-state index contributed by atoms with van der Waals surface area (Å²) in [7, 11) is 0. The van der Waals surface area contributed by atoms with E-state index in [-0.39, 0.29) is 0 Å². The predicted octanol–water partition coefficient (Wildman–Crippen LogP) is 3.39. The van der Waals surface area contributed by atoms with Crippen molar-refractivity contribution in [3.05, 3.63) is 22.4 Å². The molecular formula is C16H28N2S. The standard InChI is InChI=1S/C16H28N2S/c1-3-16(2)6-10-18(11-7-16)12-9-17-8-4-15-5-13-19-14-15/h5,13-14,17H,3-4,6-12H2,1-2H3. The molecule has 0 radical (unpaired) electrons. The molecule has 2 rings (SSSR count). The molecule has 0 aromatic carbocycles. The van der Waals surface area contributed by atoms with E-state index in [1.807, 2.05) is 0 Å². The summed E-state index contributed by atoms with van der Waals surface area (Å²) in [5.74, 6) is 0. The molecule has 1 aromatic rings. The fourth-order valence-corrected chi connectivity index (χ4v) is 3.40. The van der Waals surface area contributed by atoms with E-state index in [0.717, 1.165) is 19.5 Å². The predicted molar refractivity (Wildman–Crippen MR) is 85.0 cm³/mol. The van der Waals surface area contributed by atoms with Gasteiger partial charge in [-0.1, -0.05) is 20.3 Å². The van der Waals surface area contributed by atoms with Gasteiger partial charge in [0.15, 0.2) is 0 Å². The zero-order valence-corrected chi connectivity index (χ0v) is 13.3. The lowest BCUT2D eigenvalue weighted by atomic mass is 9.78. The fourth-order valence-electron chi connectivity index (χ4n) is 2.70. The maximum absolute atomic E-state index is 3.57. The molecule has 1 aromatic heterocycles. The largest absolute Gasteiger partial charge is 0.315 e. The second-order valence-electron chi connectivity index (χ2n) is 6.14. The molecule has 1 fully saturated rings. The lowest BCUT2D eigenvalue weighted by molar-refractivity contribution is 0.115. The maximum atomic E-state index is 3.57. The molecule has 2 heterocycles. The van der Waals surface area contributed by atoms with Crippen LogP contribution in [-0.4, -0.2) is 37.6 Å². The van der Waals surface area contributed by atoms with Gasteiger partial charge in [0.1, 0.15) is 0 Å². The van der Waals surface area contributed by atoms with Crippen molar-refractivity contribution in [1.29, 1.82) is 0 Å². The van der Waals surface area contributed by atoms with Crippen LogP contribution in [0.5, 0.6) is 0 Å². The number of rotatable bonds is 7. The highest BCUT2D eigenvalue weighted by Crippen LogP contribution is 2.33. The van der Waals surface area contributed by atoms with Gasteiger partial charge in [0, 0.05) is 13.1 Å². The first-order chi connectivity index (χ1) is 9.22. The highest BCUT2D eigenvalue weighted by atomic mass is 32.1. The highest BCUT2D eigenvalue weighted by Gasteiger charge is 2.27. The van der Waals surface area contributed by atoms with E-state index in [4.69, 9.17) is 0 Å². The van der Waals surface area contributed by atoms with Crippen LogP contribution >= 0.6 is 11.3 Å². The Balaban J connectivity index is 1.52. The highest BCUT2D eigenvalue weighted by molar-refractivity contribution is 7.07. The number of nitrogens with zero attached hydrogens (tertiary/aromatic N) is 1. The van der Waals surface area contributed by atoms with E-state index in [0.29, 0.717) is 5.41 Å². The zero-order valence-electron chi connectivity index (χ0n) is 12.5. The molecule has 0 atom stereocenters. The molecule has 0 spiro atoms. The van der Waals surface area contributed by atoms with Gasteiger partial charge in [-0.2, -0.15) is 11.3 Å². The number of piperidine rings is 1. The summed E-state index contributed by atoms with van der Waals surface area (Å²) in [5.41, 5.74) is 2.08. The number of likely N-dealkylation sites (tertiary alicyclic amines) is 1. The van der Waals surface area contributed by atoms with Gasteiger partial charge in [-0.15, -0.1) is 0 Å². The minimum atomic E-state index is 0.614. The summed E-state index contributed by atoms with van der Waals surface area (Å²) in [5, 5.41) is 7.98. The molecule has 108 valence electrons. The first-order valence-corrected chi connectivity index (χ1v) is 8.60. The number of nitrogens with one attached hydrogen (secondary N) is 1. The minimum absolute atomic E-state index is 0.614. The lowest BCUT2D eigenvalue weighted by Gasteiger charge is -2.38. The molecule has 0 saturated carbocycles. The third kappa shape index (κ3) is 4.90. The maximum Gasteiger partial charge on any atom is 0.0107 e. The SMILES string of the molecule is CCC1(C)CCN(CCNCCc2ccsc2)CC1. The van der Waals surface area contributed by atoms with Gasteiger partial charge >= 0.3 is 0 Å². The van der Waals surface area contributed by atoms with Crippen molar-refractivity contribution < 1.29 is 0 Å². The average Bonchev–Trinajstić information content (AvgIpc) is 2.94. The van der Waals surface area contributed by atoms with Crippen LogP contribution in [0.4, 0.5) is 0 Å². The molecule has 1 N–H and O–H groups in total. The Labute approximate surface area is 122 Å². The Morgan fingerprint density at radius 2 is 2.11 bits per heavy atom. The topological polar surface area (TPSA) is 15.3 Å². The van der Waals surface area contributed by atoms with Gasteiger partial charge in [0.25, 0.3) is 0 Å². The summed E-state index contributed by atoms with van der Waals surface area (Å²) in [6, 6.07) is 2.22. The lowest BCUT2D eigenvalue weighted by Crippen LogP contribution is -2.41. The monoisotopic (exact) mass is 280 g/mol. The molecule has 0 aliphatic carbocycles. The summed E-state index contributed by atoms with van der Waals surface area (Å²) < 4.78 is 0. The molecule has 0 bridgehead atoms. The average molecular weight is 280 g/mol. The fraction of sp³-hybridized carbons (Fsp3) is 0.750. The van der Waals surface area contributed by atoms with Gasteiger partial charge in [-0.25, -0.2) is 0 Å². The second-order valence-corrected chi connectivity index (χ2v) is 6.92. The van der Waals surface area contributed by atoms with Gasteiger partial charge < -0.3 is 10.2 Å². The quantitative estimate of drug-likeness (QED) is 0.770. The molecule has 2 nitrogen and oxygen atoms in total. The Hall–Kier alpha value is -0.380. The van der Waals surface area contributed by atoms with Gasteiger partial charge in [0.05, 0.1) is 0 Å². The third-order valence-corrected chi connectivity index (χ3v) is 5.42. The van der Waals surface area contributed by atoms with Crippen LogP contribution in [-0.2, 0) is 6.42 Å². The molecule has 1 aliphatic heterocycles. The van der Waals surface area contributed by atoms with Gasteiger partial charge in [0.2, 0.25) is 0 Å². The number of hydrogen-bond acceptors (Lipinski definition) is 3. The summed E-state index contributed by atoms with van der Waals surface area (Å²) in [4.78, 5) is 2.62. The molecule has 1 saturated heterocycles. The van der Waals surface area contributed by atoms with E-state index >= 15 is 0 Å². The van der Waals surface area contributed by atoms with Crippen molar-refractivity contribution >= 4 is 11.3 Å². The molecule has 0 unspecified atom stereocenters. The van der Waals surface area contributed by atoms with Crippen molar-refractivity contribution in [3.63, 3.8) is 0 Å². The third-order valence-electron chi connectivity index (χ3n) is 4.69. The summed E-state index contributed by atoms with van der Waals surface area (Å²) >= 11 is 1.79. The van der Waals surface area contributed by atoms with E-state index in [2.05, 4.69) is 40.9 Å². The molecule has 19 heavy (non-hydrogen) atoms.